The lowest BCUT2D eigenvalue weighted by molar-refractivity contribution is 0.0741. The number of aromatic nitrogens is 4. The van der Waals surface area contributed by atoms with Crippen molar-refractivity contribution >= 4 is 34.7 Å². The lowest BCUT2D eigenvalue weighted by atomic mass is 10.2. The number of ether oxygens (including phenoxy) is 1. The van der Waals surface area contributed by atoms with Crippen LogP contribution in [0.15, 0.2) is 81.9 Å². The smallest absolute Gasteiger partial charge is 0.273 e. The van der Waals surface area contributed by atoms with Crippen LogP contribution in [0, 0.1) is 6.92 Å². The second kappa shape index (κ2) is 11.6. The average Bonchev–Trinajstić information content (AvgIpc) is 3.77. The van der Waals surface area contributed by atoms with Gasteiger partial charge < -0.3 is 19.0 Å². The molecule has 2 aromatic carbocycles. The highest BCUT2D eigenvalue weighted by Crippen LogP contribution is 2.32. The van der Waals surface area contributed by atoms with E-state index in [-0.39, 0.29) is 5.91 Å². The third-order valence-corrected chi connectivity index (χ3v) is 8.80. The van der Waals surface area contributed by atoms with Gasteiger partial charge in [0.05, 0.1) is 24.8 Å². The van der Waals surface area contributed by atoms with Gasteiger partial charge >= 0.3 is 0 Å². The molecule has 11 heteroatoms. The van der Waals surface area contributed by atoms with Gasteiger partial charge in [0.2, 0.25) is 5.82 Å². The number of hydrogen-bond donors (Lipinski definition) is 0. The van der Waals surface area contributed by atoms with E-state index in [4.69, 9.17) is 9.15 Å². The summed E-state index contributed by atoms with van der Waals surface area (Å²) in [6.45, 7) is 4.92. The number of carbonyl (C=O) groups excluding carboxylic acids is 1. The Morgan fingerprint density at radius 2 is 1.82 bits per heavy atom. The first-order valence-corrected chi connectivity index (χ1v) is 14.8. The van der Waals surface area contributed by atoms with E-state index in [2.05, 4.69) is 45.2 Å². The highest BCUT2D eigenvalue weighted by atomic mass is 32.2. The number of benzene rings is 2. The van der Waals surface area contributed by atoms with Crippen molar-refractivity contribution in [2.45, 2.75) is 17.8 Å². The molecule has 0 atom stereocenters. The predicted octanol–water partition coefficient (Wildman–Crippen LogP) is 5.56. The number of anilines is 1. The fourth-order valence-corrected chi connectivity index (χ4v) is 6.42. The number of piperazine rings is 1. The number of aryl methyl sites for hydroxylation is 1. The normalized spacial score (nSPS) is 13.6. The number of amides is 1. The minimum atomic E-state index is -0.0231. The lowest BCUT2D eigenvalue weighted by Crippen LogP contribution is -2.48. The molecule has 204 valence electrons. The number of rotatable bonds is 8. The average molecular weight is 573 g/mol. The van der Waals surface area contributed by atoms with Gasteiger partial charge in [-0.1, -0.05) is 30.0 Å². The SMILES string of the molecule is COc1ccc(N2CCN(C(=O)c3csc(CSc4nnc(-c5ccco5)n4-c4ccccc4C)n3)CC2)cc1. The largest absolute Gasteiger partial charge is 0.497 e. The van der Waals surface area contributed by atoms with E-state index in [0.29, 0.717) is 36.1 Å². The fourth-order valence-electron chi connectivity index (χ4n) is 4.68. The Morgan fingerprint density at radius 3 is 2.55 bits per heavy atom. The van der Waals surface area contributed by atoms with Crippen LogP contribution in [0.5, 0.6) is 5.75 Å². The number of carbonyl (C=O) groups is 1. The number of hydrogen-bond acceptors (Lipinski definition) is 9. The maximum atomic E-state index is 13.2. The van der Waals surface area contributed by atoms with E-state index in [0.717, 1.165) is 45.9 Å². The second-order valence-electron chi connectivity index (χ2n) is 9.30. The standard InChI is InChI=1S/C29H28N6O3S2/c1-20-6-3-4-7-24(20)35-27(25-8-5-17-38-25)31-32-29(35)40-19-26-30-23(18-39-26)28(36)34-15-13-33(14-16-34)21-9-11-22(37-2)12-10-21/h3-12,17-18H,13-16,19H2,1-2H3. The molecule has 0 bridgehead atoms. The van der Waals surface area contributed by atoms with Crippen molar-refractivity contribution in [1.29, 1.82) is 0 Å². The molecule has 1 aliphatic rings. The zero-order chi connectivity index (χ0) is 27.5. The highest BCUT2D eigenvalue weighted by Gasteiger charge is 2.25. The number of nitrogens with zero attached hydrogens (tertiary/aromatic N) is 6. The summed E-state index contributed by atoms with van der Waals surface area (Å²) in [6, 6.07) is 19.9. The minimum absolute atomic E-state index is 0.0231. The molecule has 0 saturated carbocycles. The van der Waals surface area contributed by atoms with E-state index in [9.17, 15) is 4.79 Å². The van der Waals surface area contributed by atoms with Crippen molar-refractivity contribution in [3.63, 3.8) is 0 Å². The summed E-state index contributed by atoms with van der Waals surface area (Å²) < 4.78 is 12.9. The van der Waals surface area contributed by atoms with E-state index in [1.165, 1.54) is 23.1 Å². The summed E-state index contributed by atoms with van der Waals surface area (Å²) in [5, 5.41) is 12.4. The predicted molar refractivity (Wildman–Crippen MR) is 157 cm³/mol. The van der Waals surface area contributed by atoms with Gasteiger partial charge in [-0.2, -0.15) is 0 Å². The van der Waals surface area contributed by atoms with Crippen molar-refractivity contribution in [3.8, 4) is 23.0 Å². The molecule has 5 aromatic rings. The molecule has 40 heavy (non-hydrogen) atoms. The van der Waals surface area contributed by atoms with Gasteiger partial charge in [0.25, 0.3) is 5.91 Å². The monoisotopic (exact) mass is 572 g/mol. The Morgan fingerprint density at radius 1 is 1.02 bits per heavy atom. The van der Waals surface area contributed by atoms with Crippen molar-refractivity contribution in [1.82, 2.24) is 24.6 Å². The Bertz CT molecular complexity index is 1590. The Balaban J connectivity index is 1.12. The topological polar surface area (TPSA) is 89.5 Å². The molecule has 1 fully saturated rings. The molecule has 0 unspecified atom stereocenters. The molecule has 1 aliphatic heterocycles. The Hall–Kier alpha value is -4.09. The van der Waals surface area contributed by atoms with E-state index in [1.54, 1.807) is 13.4 Å². The van der Waals surface area contributed by atoms with Gasteiger partial charge in [0.15, 0.2) is 10.9 Å². The first-order chi connectivity index (χ1) is 19.6. The van der Waals surface area contributed by atoms with Crippen LogP contribution in [0.25, 0.3) is 17.3 Å². The van der Waals surface area contributed by atoms with Crippen LogP contribution in [0.3, 0.4) is 0 Å². The first-order valence-electron chi connectivity index (χ1n) is 12.9. The zero-order valence-corrected chi connectivity index (χ0v) is 23.8. The molecule has 0 N–H and O–H groups in total. The first kappa shape index (κ1) is 26.1. The van der Waals surface area contributed by atoms with Crippen molar-refractivity contribution in [2.24, 2.45) is 0 Å². The minimum Gasteiger partial charge on any atom is -0.497 e. The third-order valence-electron chi connectivity index (χ3n) is 6.83. The van der Waals surface area contributed by atoms with E-state index >= 15 is 0 Å². The number of methoxy groups -OCH3 is 1. The van der Waals surface area contributed by atoms with Crippen molar-refractivity contribution in [2.75, 3.05) is 38.2 Å². The molecule has 0 aliphatic carbocycles. The summed E-state index contributed by atoms with van der Waals surface area (Å²) in [5.41, 5.74) is 3.72. The maximum absolute atomic E-state index is 13.2. The zero-order valence-electron chi connectivity index (χ0n) is 22.2. The molecule has 3 aromatic heterocycles. The summed E-state index contributed by atoms with van der Waals surface area (Å²) >= 11 is 3.03. The molecule has 0 spiro atoms. The van der Waals surface area contributed by atoms with Gasteiger partial charge in [-0.05, 0) is 55.0 Å². The van der Waals surface area contributed by atoms with Crippen LogP contribution >= 0.6 is 23.1 Å². The summed E-state index contributed by atoms with van der Waals surface area (Å²) in [6.07, 6.45) is 1.63. The summed E-state index contributed by atoms with van der Waals surface area (Å²) in [5.74, 6) is 2.68. The number of para-hydroxylation sites is 1. The lowest BCUT2D eigenvalue weighted by Gasteiger charge is -2.35. The number of furan rings is 1. The van der Waals surface area contributed by atoms with Gasteiger partial charge in [-0.15, -0.1) is 21.5 Å². The number of thiazole rings is 1. The molecule has 0 radical (unpaired) electrons. The molecular formula is C29H28N6O3S2. The quantitative estimate of drug-likeness (QED) is 0.224. The molecule has 6 rings (SSSR count). The van der Waals surface area contributed by atoms with Gasteiger partial charge in [0.1, 0.15) is 16.5 Å². The molecule has 4 heterocycles. The second-order valence-corrected chi connectivity index (χ2v) is 11.2. The van der Waals surface area contributed by atoms with Crippen LogP contribution in [-0.4, -0.2) is 63.8 Å². The molecule has 1 amide bonds. The highest BCUT2D eigenvalue weighted by molar-refractivity contribution is 7.98. The van der Waals surface area contributed by atoms with Crippen LogP contribution < -0.4 is 9.64 Å². The van der Waals surface area contributed by atoms with Gasteiger partial charge in [0, 0.05) is 37.2 Å². The summed E-state index contributed by atoms with van der Waals surface area (Å²) in [7, 11) is 1.66. The van der Waals surface area contributed by atoms with E-state index < -0.39 is 0 Å². The molecular weight excluding hydrogens is 544 g/mol. The third kappa shape index (κ3) is 5.34. The Kier molecular flexibility index (Phi) is 7.56. The number of thioether (sulfide) groups is 1. The van der Waals surface area contributed by atoms with Crippen LogP contribution in [0.2, 0.25) is 0 Å². The van der Waals surface area contributed by atoms with Crippen LogP contribution in [0.1, 0.15) is 21.1 Å². The maximum Gasteiger partial charge on any atom is 0.273 e. The van der Waals surface area contributed by atoms with Crippen molar-refractivity contribution in [3.05, 3.63) is 88.6 Å². The van der Waals surface area contributed by atoms with E-state index in [1.807, 2.05) is 57.3 Å². The van der Waals surface area contributed by atoms with Crippen molar-refractivity contribution < 1.29 is 13.9 Å². The fraction of sp³-hybridized carbons (Fsp3) is 0.241. The van der Waals surface area contributed by atoms with Crippen LogP contribution in [0.4, 0.5) is 5.69 Å². The van der Waals surface area contributed by atoms with Gasteiger partial charge in [-0.25, -0.2) is 4.98 Å². The Labute approximate surface area is 240 Å². The summed E-state index contributed by atoms with van der Waals surface area (Å²) in [4.78, 5) is 22.1. The molecule has 9 nitrogen and oxygen atoms in total. The van der Waals surface area contributed by atoms with Gasteiger partial charge in [-0.3, -0.25) is 9.36 Å². The van der Waals surface area contributed by atoms with Crippen LogP contribution in [-0.2, 0) is 5.75 Å². The molecule has 1 saturated heterocycles.